The van der Waals surface area contributed by atoms with E-state index in [9.17, 15) is 4.79 Å². The number of amides is 1. The Balaban J connectivity index is 1.57. The number of thioether (sulfide) groups is 1. The number of aryl methyl sites for hydroxylation is 1. The van der Waals surface area contributed by atoms with Gasteiger partial charge in [0.05, 0.1) is 12.0 Å². The maximum atomic E-state index is 12.2. The van der Waals surface area contributed by atoms with Crippen LogP contribution in [-0.2, 0) is 16.0 Å². The Kier molecular flexibility index (Phi) is 4.73. The average molecular weight is 345 g/mol. The van der Waals surface area contributed by atoms with Crippen molar-refractivity contribution in [3.05, 3.63) is 14.5 Å². The summed E-state index contributed by atoms with van der Waals surface area (Å²) in [6.45, 7) is 2.72. The van der Waals surface area contributed by atoms with Crippen LogP contribution in [0.4, 0.5) is 0 Å². The largest absolute Gasteiger partial charge is 0.374 e. The summed E-state index contributed by atoms with van der Waals surface area (Å²) in [6.07, 6.45) is 3.40. The first-order chi connectivity index (χ1) is 10.1. The lowest BCUT2D eigenvalue weighted by atomic mass is 9.90. The molecule has 2 saturated heterocycles. The fraction of sp³-hybridized carbons (Fsp3) is 0.714. The molecule has 116 valence electrons. The normalized spacial score (nSPS) is 28.9. The van der Waals surface area contributed by atoms with Gasteiger partial charge in [-0.15, -0.1) is 11.3 Å². The molecule has 0 aromatic carbocycles. The van der Waals surface area contributed by atoms with E-state index in [0.29, 0.717) is 6.42 Å². The van der Waals surface area contributed by atoms with E-state index in [2.05, 4.69) is 10.3 Å². The molecule has 1 aromatic rings. The van der Waals surface area contributed by atoms with Crippen LogP contribution in [0.2, 0.25) is 0 Å². The second-order valence-electron chi connectivity index (χ2n) is 5.83. The fourth-order valence-electron chi connectivity index (χ4n) is 3.04. The molecule has 7 heteroatoms. The number of rotatable bonds is 3. The van der Waals surface area contributed by atoms with Gasteiger partial charge >= 0.3 is 0 Å². The summed E-state index contributed by atoms with van der Waals surface area (Å²) in [6, 6.07) is 0.247. The van der Waals surface area contributed by atoms with Crippen LogP contribution in [0.25, 0.3) is 0 Å². The lowest BCUT2D eigenvalue weighted by Gasteiger charge is -2.38. The van der Waals surface area contributed by atoms with Crippen LogP contribution in [-0.4, -0.2) is 40.6 Å². The molecule has 2 N–H and O–H groups in total. The zero-order valence-corrected chi connectivity index (χ0v) is 14.5. The Morgan fingerprint density at radius 2 is 2.48 bits per heavy atom. The van der Waals surface area contributed by atoms with E-state index >= 15 is 0 Å². The van der Waals surface area contributed by atoms with Gasteiger partial charge in [0.25, 0.3) is 0 Å². The first-order valence-electron chi connectivity index (χ1n) is 7.26. The molecule has 4 nitrogen and oxygen atoms in total. The second-order valence-corrected chi connectivity index (χ2v) is 8.71. The fourth-order valence-corrected chi connectivity index (χ4v) is 5.71. The van der Waals surface area contributed by atoms with Crippen LogP contribution in [0.1, 0.15) is 29.8 Å². The van der Waals surface area contributed by atoms with E-state index in [1.54, 1.807) is 0 Å². The highest BCUT2D eigenvalue weighted by atomic mass is 32.2. The van der Waals surface area contributed by atoms with Crippen molar-refractivity contribution in [1.82, 2.24) is 10.3 Å². The van der Waals surface area contributed by atoms with Crippen molar-refractivity contribution in [3.8, 4) is 0 Å². The summed E-state index contributed by atoms with van der Waals surface area (Å²) in [5.74, 6) is 2.33. The maximum Gasteiger partial charge on any atom is 0.225 e. The minimum absolute atomic E-state index is 0.0152. The van der Waals surface area contributed by atoms with E-state index in [4.69, 9.17) is 17.0 Å². The van der Waals surface area contributed by atoms with E-state index < -0.39 is 0 Å². The number of ether oxygens (including phenoxy) is 1. The van der Waals surface area contributed by atoms with Crippen molar-refractivity contribution in [2.24, 2.45) is 0 Å². The molecule has 2 aliphatic heterocycles. The molecule has 0 radical (unpaired) electrons. The Morgan fingerprint density at radius 3 is 3.14 bits per heavy atom. The van der Waals surface area contributed by atoms with Crippen LogP contribution >= 0.6 is 35.3 Å². The van der Waals surface area contributed by atoms with Crippen molar-refractivity contribution in [3.63, 3.8) is 0 Å². The maximum absolute atomic E-state index is 12.2. The zero-order chi connectivity index (χ0) is 14.9. The van der Waals surface area contributed by atoms with E-state index in [1.165, 1.54) is 17.1 Å². The Labute approximate surface area is 138 Å². The number of hydrogen-bond acceptors (Lipinski definition) is 5. The molecule has 1 spiro atoms. The second kappa shape index (κ2) is 6.40. The molecule has 2 fully saturated rings. The molecular weight excluding hydrogens is 324 g/mol. The number of aromatic amines is 1. The minimum atomic E-state index is 0.0152. The molecule has 3 rings (SSSR count). The average Bonchev–Trinajstić information content (AvgIpc) is 2.97. The van der Waals surface area contributed by atoms with Crippen LogP contribution < -0.4 is 5.32 Å². The van der Waals surface area contributed by atoms with E-state index in [-0.39, 0.29) is 17.6 Å². The number of H-pyrrole nitrogens is 1. The van der Waals surface area contributed by atoms with Crippen LogP contribution in [0.15, 0.2) is 0 Å². The van der Waals surface area contributed by atoms with Gasteiger partial charge in [0.2, 0.25) is 5.91 Å². The molecule has 2 atom stereocenters. The summed E-state index contributed by atoms with van der Waals surface area (Å²) in [5.41, 5.74) is 1.03. The predicted octanol–water partition coefficient (Wildman–Crippen LogP) is 2.83. The standard InChI is InChI=1S/C14H20N2O2S3/c1-9-11(21-13(19)15-9)6-12(17)16-10-2-4-18-14(7-10)3-5-20-8-14/h10H,2-8H2,1H3,(H,15,19)(H,16,17)/t10-,14-/m0/s1. The third-order valence-electron chi connectivity index (χ3n) is 4.17. The van der Waals surface area contributed by atoms with Gasteiger partial charge in [-0.1, -0.05) is 0 Å². The molecule has 0 bridgehead atoms. The topological polar surface area (TPSA) is 54.1 Å². The van der Waals surface area contributed by atoms with Gasteiger partial charge in [0.15, 0.2) is 3.95 Å². The summed E-state index contributed by atoms with van der Waals surface area (Å²) in [4.78, 5) is 16.4. The van der Waals surface area contributed by atoms with Crippen molar-refractivity contribution in [2.45, 2.75) is 44.2 Å². The monoisotopic (exact) mass is 344 g/mol. The quantitative estimate of drug-likeness (QED) is 0.828. The van der Waals surface area contributed by atoms with Gasteiger partial charge in [0, 0.05) is 29.0 Å². The SMILES string of the molecule is Cc1[nH]c(=S)sc1CC(=O)N[C@H]1CCO[C@@]2(CCSC2)C1. The third-order valence-corrected chi connectivity index (χ3v) is 6.73. The number of thiazole rings is 1. The first kappa shape index (κ1) is 15.5. The van der Waals surface area contributed by atoms with Gasteiger partial charge in [-0.3, -0.25) is 4.79 Å². The minimum Gasteiger partial charge on any atom is -0.374 e. The predicted molar refractivity (Wildman–Crippen MR) is 89.7 cm³/mol. The molecule has 2 aliphatic rings. The highest BCUT2D eigenvalue weighted by Crippen LogP contribution is 2.38. The Bertz CT molecular complexity index is 575. The van der Waals surface area contributed by atoms with Crippen LogP contribution in [0.3, 0.4) is 0 Å². The summed E-state index contributed by atoms with van der Waals surface area (Å²) >= 11 is 8.57. The molecule has 3 heterocycles. The molecule has 0 unspecified atom stereocenters. The third kappa shape index (κ3) is 3.70. The van der Waals surface area contributed by atoms with Crippen LogP contribution in [0.5, 0.6) is 0 Å². The lowest BCUT2D eigenvalue weighted by molar-refractivity contribution is -0.123. The number of hydrogen-bond donors (Lipinski definition) is 2. The molecular formula is C14H20N2O2S3. The van der Waals surface area contributed by atoms with Crippen molar-refractivity contribution >= 4 is 41.2 Å². The number of carbonyl (C=O) groups is 1. The Morgan fingerprint density at radius 1 is 1.62 bits per heavy atom. The Hall–Kier alpha value is -0.370. The van der Waals surface area contributed by atoms with Gasteiger partial charge in [-0.05, 0) is 44.2 Å². The van der Waals surface area contributed by atoms with Gasteiger partial charge < -0.3 is 15.0 Å². The van der Waals surface area contributed by atoms with Gasteiger partial charge in [0.1, 0.15) is 0 Å². The molecule has 0 saturated carbocycles. The molecule has 1 amide bonds. The number of aromatic nitrogens is 1. The van der Waals surface area contributed by atoms with E-state index in [1.807, 2.05) is 18.7 Å². The highest BCUT2D eigenvalue weighted by Gasteiger charge is 2.40. The molecule has 0 aliphatic carbocycles. The molecule has 1 aromatic heterocycles. The smallest absolute Gasteiger partial charge is 0.225 e. The van der Waals surface area contributed by atoms with Gasteiger partial charge in [-0.2, -0.15) is 11.8 Å². The first-order valence-corrected chi connectivity index (χ1v) is 9.64. The van der Waals surface area contributed by atoms with E-state index in [0.717, 1.165) is 46.1 Å². The lowest BCUT2D eigenvalue weighted by Crippen LogP contribution is -2.49. The number of nitrogens with one attached hydrogen (secondary N) is 2. The van der Waals surface area contributed by atoms with Crippen molar-refractivity contribution in [1.29, 1.82) is 0 Å². The van der Waals surface area contributed by atoms with Crippen molar-refractivity contribution in [2.75, 3.05) is 18.1 Å². The summed E-state index contributed by atoms with van der Waals surface area (Å²) < 4.78 is 6.73. The number of carbonyl (C=O) groups excluding carboxylic acids is 1. The van der Waals surface area contributed by atoms with Crippen LogP contribution in [0, 0.1) is 10.9 Å². The zero-order valence-electron chi connectivity index (χ0n) is 12.1. The van der Waals surface area contributed by atoms with Crippen molar-refractivity contribution < 1.29 is 9.53 Å². The highest BCUT2D eigenvalue weighted by molar-refractivity contribution is 7.99. The summed E-state index contributed by atoms with van der Waals surface area (Å²) in [7, 11) is 0. The van der Waals surface area contributed by atoms with Gasteiger partial charge in [-0.25, -0.2) is 0 Å². The summed E-state index contributed by atoms with van der Waals surface area (Å²) in [5, 5.41) is 3.19. The molecule has 21 heavy (non-hydrogen) atoms.